The maximum Gasteiger partial charge on any atom is 0.268 e. The highest BCUT2D eigenvalue weighted by molar-refractivity contribution is 9.10. The summed E-state index contributed by atoms with van der Waals surface area (Å²) in [4.78, 5) is 12.6. The third kappa shape index (κ3) is 4.41. The van der Waals surface area contributed by atoms with Crippen molar-refractivity contribution in [2.75, 3.05) is 13.1 Å². The zero-order chi connectivity index (χ0) is 19.6. The van der Waals surface area contributed by atoms with E-state index in [0.29, 0.717) is 23.1 Å². The lowest BCUT2D eigenvalue weighted by molar-refractivity contribution is 0.0942. The van der Waals surface area contributed by atoms with E-state index >= 15 is 0 Å². The van der Waals surface area contributed by atoms with Crippen LogP contribution in [-0.4, -0.2) is 36.3 Å². The molecule has 0 atom stereocenters. The first-order valence-electron chi connectivity index (χ1n) is 8.67. The van der Waals surface area contributed by atoms with Crippen LogP contribution >= 0.6 is 15.9 Å². The molecule has 1 aromatic heterocycles. The maximum atomic E-state index is 13.4. The van der Waals surface area contributed by atoms with Gasteiger partial charge in [-0.25, -0.2) is 12.8 Å². The number of sulfonamides is 1. The highest BCUT2D eigenvalue weighted by Crippen LogP contribution is 2.22. The summed E-state index contributed by atoms with van der Waals surface area (Å²) in [6.45, 7) is 1.13. The summed E-state index contributed by atoms with van der Waals surface area (Å²) in [6.07, 6.45) is 4.19. The monoisotopic (exact) mass is 457 g/mol. The summed E-state index contributed by atoms with van der Waals surface area (Å²) in [5.74, 6) is -0.815. The predicted molar refractivity (Wildman–Crippen MR) is 103 cm³/mol. The van der Waals surface area contributed by atoms with Gasteiger partial charge in [0.15, 0.2) is 0 Å². The largest absolute Gasteiger partial charge is 0.347 e. The first-order chi connectivity index (χ1) is 12.8. The van der Waals surface area contributed by atoms with E-state index in [1.165, 1.54) is 33.3 Å². The maximum absolute atomic E-state index is 13.4. The van der Waals surface area contributed by atoms with Crippen molar-refractivity contribution in [3.8, 4) is 0 Å². The van der Waals surface area contributed by atoms with E-state index in [2.05, 4.69) is 21.2 Å². The Morgan fingerprint density at radius 1 is 1.22 bits per heavy atom. The number of hydrogen-bond acceptors (Lipinski definition) is 3. The van der Waals surface area contributed by atoms with Crippen LogP contribution in [0.5, 0.6) is 0 Å². The molecule has 0 aliphatic carbocycles. The molecule has 1 aromatic carbocycles. The van der Waals surface area contributed by atoms with Crippen LogP contribution in [0.3, 0.4) is 0 Å². The van der Waals surface area contributed by atoms with E-state index in [1.54, 1.807) is 13.1 Å². The van der Waals surface area contributed by atoms with Crippen molar-refractivity contribution in [1.29, 1.82) is 0 Å². The Kier molecular flexibility index (Phi) is 6.02. The number of carbonyl (C=O) groups excluding carboxylic acids is 1. The molecule has 2 heterocycles. The summed E-state index contributed by atoms with van der Waals surface area (Å²) in [5, 5.41) is 2.70. The van der Waals surface area contributed by atoms with Gasteiger partial charge in [0.25, 0.3) is 5.91 Å². The average molecular weight is 458 g/mol. The number of rotatable bonds is 5. The summed E-state index contributed by atoms with van der Waals surface area (Å²) in [5.41, 5.74) is 0.830. The smallest absolute Gasteiger partial charge is 0.268 e. The minimum Gasteiger partial charge on any atom is -0.347 e. The van der Waals surface area contributed by atoms with E-state index in [1.807, 2.05) is 0 Å². The van der Waals surface area contributed by atoms with Gasteiger partial charge in [-0.15, -0.1) is 0 Å². The summed E-state index contributed by atoms with van der Waals surface area (Å²) >= 11 is 3.32. The molecule has 1 amide bonds. The number of aryl methyl sites for hydroxylation is 1. The molecule has 0 radical (unpaired) electrons. The van der Waals surface area contributed by atoms with Gasteiger partial charge >= 0.3 is 0 Å². The molecule has 0 saturated carbocycles. The molecule has 1 saturated heterocycles. The fraction of sp³-hybridized carbons (Fsp3) is 0.389. The van der Waals surface area contributed by atoms with Gasteiger partial charge in [0.2, 0.25) is 10.0 Å². The second-order valence-electron chi connectivity index (χ2n) is 6.56. The van der Waals surface area contributed by atoms with Gasteiger partial charge < -0.3 is 9.88 Å². The van der Waals surface area contributed by atoms with E-state index in [0.717, 1.165) is 19.3 Å². The van der Waals surface area contributed by atoms with E-state index in [9.17, 15) is 17.6 Å². The van der Waals surface area contributed by atoms with Crippen molar-refractivity contribution in [3.63, 3.8) is 0 Å². The molecule has 1 aliphatic heterocycles. The van der Waals surface area contributed by atoms with Crippen LogP contribution in [0.15, 0.2) is 39.8 Å². The zero-order valence-electron chi connectivity index (χ0n) is 14.9. The van der Waals surface area contributed by atoms with Gasteiger partial charge in [-0.1, -0.05) is 22.4 Å². The summed E-state index contributed by atoms with van der Waals surface area (Å²) in [6, 6.07) is 5.62. The Morgan fingerprint density at radius 2 is 1.93 bits per heavy atom. The number of hydrogen-bond donors (Lipinski definition) is 1. The average Bonchev–Trinajstić information content (AvgIpc) is 3.05. The van der Waals surface area contributed by atoms with Crippen molar-refractivity contribution < 1.29 is 17.6 Å². The van der Waals surface area contributed by atoms with Crippen LogP contribution in [0.1, 0.15) is 35.3 Å². The van der Waals surface area contributed by atoms with Crippen LogP contribution in [0, 0.1) is 5.82 Å². The highest BCUT2D eigenvalue weighted by Gasteiger charge is 2.28. The third-order valence-corrected chi connectivity index (χ3v) is 7.25. The molecule has 146 valence electrons. The second-order valence-corrected chi connectivity index (χ2v) is 9.35. The molecule has 0 unspecified atom stereocenters. The first-order valence-corrected chi connectivity index (χ1v) is 10.9. The molecule has 1 N–H and O–H groups in total. The summed E-state index contributed by atoms with van der Waals surface area (Å²) < 4.78 is 42.5. The van der Waals surface area contributed by atoms with E-state index < -0.39 is 21.7 Å². The second kappa shape index (κ2) is 8.12. The van der Waals surface area contributed by atoms with Gasteiger partial charge in [0, 0.05) is 37.4 Å². The fourth-order valence-electron chi connectivity index (χ4n) is 3.10. The van der Waals surface area contributed by atoms with Crippen LogP contribution < -0.4 is 5.32 Å². The van der Waals surface area contributed by atoms with Gasteiger partial charge in [-0.3, -0.25) is 4.79 Å². The van der Waals surface area contributed by atoms with Crippen molar-refractivity contribution >= 4 is 31.9 Å². The van der Waals surface area contributed by atoms with Crippen molar-refractivity contribution in [1.82, 2.24) is 14.2 Å². The molecule has 3 rings (SSSR count). The lowest BCUT2D eigenvalue weighted by Crippen LogP contribution is -2.35. The highest BCUT2D eigenvalue weighted by atomic mass is 79.9. The number of halogens is 2. The first kappa shape index (κ1) is 20.0. The summed E-state index contributed by atoms with van der Waals surface area (Å²) in [7, 11) is -1.97. The molecule has 6 nitrogen and oxygen atoms in total. The molecule has 9 heteroatoms. The predicted octanol–water partition coefficient (Wildman–Crippen LogP) is 3.03. The Balaban J connectivity index is 1.75. The molecule has 0 bridgehead atoms. The van der Waals surface area contributed by atoms with Gasteiger partial charge in [0.05, 0.1) is 0 Å². The van der Waals surface area contributed by atoms with E-state index in [4.69, 9.17) is 0 Å². The SMILES string of the molecule is Cn1cc(S(=O)(=O)N2CCCCC2)cc1C(=O)NCc1cc(F)ccc1Br. The number of carbonyl (C=O) groups is 1. The third-order valence-electron chi connectivity index (χ3n) is 4.61. The van der Waals surface area contributed by atoms with Crippen LogP contribution in [-0.2, 0) is 23.6 Å². The number of amides is 1. The standard InChI is InChI=1S/C18H21BrFN3O3S/c1-22-12-15(27(25,26)23-7-3-2-4-8-23)10-17(22)18(24)21-11-13-9-14(20)5-6-16(13)19/h5-6,9-10,12H,2-4,7-8,11H2,1H3,(H,21,24). The molecule has 2 aromatic rings. The molecule has 1 fully saturated rings. The van der Waals surface area contributed by atoms with Crippen molar-refractivity contribution in [3.05, 3.63) is 52.0 Å². The Morgan fingerprint density at radius 3 is 2.63 bits per heavy atom. The van der Waals surface area contributed by atoms with Gasteiger partial charge in [-0.05, 0) is 42.7 Å². The van der Waals surface area contributed by atoms with E-state index in [-0.39, 0.29) is 17.1 Å². The quantitative estimate of drug-likeness (QED) is 0.749. The molecule has 0 spiro atoms. The van der Waals surface area contributed by atoms with Crippen molar-refractivity contribution in [2.45, 2.75) is 30.7 Å². The Labute approximate surface area is 166 Å². The molecule has 1 aliphatic rings. The van der Waals surface area contributed by atoms with Gasteiger partial charge in [0.1, 0.15) is 16.4 Å². The minimum atomic E-state index is -3.60. The number of aromatic nitrogens is 1. The van der Waals surface area contributed by atoms with Gasteiger partial charge in [-0.2, -0.15) is 4.31 Å². The Hall–Kier alpha value is -1.71. The topological polar surface area (TPSA) is 71.4 Å². The number of benzene rings is 1. The fourth-order valence-corrected chi connectivity index (χ4v) is 5.08. The normalized spacial score (nSPS) is 15.7. The lowest BCUT2D eigenvalue weighted by atomic mass is 10.2. The molecule has 27 heavy (non-hydrogen) atoms. The molecular formula is C18H21BrFN3O3S. The zero-order valence-corrected chi connectivity index (χ0v) is 17.3. The number of nitrogens with one attached hydrogen (secondary N) is 1. The van der Waals surface area contributed by atoms with Crippen LogP contribution in [0.4, 0.5) is 4.39 Å². The number of nitrogens with zero attached hydrogens (tertiary/aromatic N) is 2. The van der Waals surface area contributed by atoms with Crippen LogP contribution in [0.2, 0.25) is 0 Å². The Bertz CT molecular complexity index is 953. The minimum absolute atomic E-state index is 0.115. The lowest BCUT2D eigenvalue weighted by Gasteiger charge is -2.25. The van der Waals surface area contributed by atoms with Crippen LogP contribution in [0.25, 0.3) is 0 Å². The molecular weight excluding hydrogens is 437 g/mol. The van der Waals surface area contributed by atoms with Crippen molar-refractivity contribution in [2.24, 2.45) is 7.05 Å². The number of piperidine rings is 1.